The summed E-state index contributed by atoms with van der Waals surface area (Å²) < 4.78 is 8.14. The molecule has 0 spiro atoms. The van der Waals surface area contributed by atoms with Crippen molar-refractivity contribution in [3.63, 3.8) is 0 Å². The predicted octanol–water partition coefficient (Wildman–Crippen LogP) is 5.30. The molecule has 5 aromatic rings. The number of pyridine rings is 1. The maximum absolute atomic E-state index is 11.6. The number of anilines is 2. The monoisotopic (exact) mass is 486 g/mol. The van der Waals surface area contributed by atoms with Gasteiger partial charge in [-0.25, -0.2) is 15.0 Å². The molecular formula is C29H22N6O2. The summed E-state index contributed by atoms with van der Waals surface area (Å²) in [5.74, 6) is 3.62. The van der Waals surface area contributed by atoms with Crippen LogP contribution in [-0.4, -0.2) is 25.4 Å². The Bertz CT molecular complexity index is 1730. The minimum absolute atomic E-state index is 0.484. The summed E-state index contributed by atoms with van der Waals surface area (Å²) in [6, 6.07) is 19.4. The van der Waals surface area contributed by atoms with Crippen molar-refractivity contribution in [2.45, 2.75) is 13.5 Å². The molecule has 1 aliphatic heterocycles. The molecule has 1 aliphatic rings. The highest BCUT2D eigenvalue weighted by Gasteiger charge is 2.26. The summed E-state index contributed by atoms with van der Waals surface area (Å²) in [7, 11) is 1.99. The fourth-order valence-corrected chi connectivity index (χ4v) is 4.76. The van der Waals surface area contributed by atoms with E-state index in [2.05, 4.69) is 42.1 Å². The predicted molar refractivity (Wildman–Crippen MR) is 143 cm³/mol. The van der Waals surface area contributed by atoms with Crippen LogP contribution in [0.15, 0.2) is 67.0 Å². The number of benzene rings is 2. The standard InChI is InChI=1S/C29H22N6O2/c1-4-23(36)34-20-10-8-18(9-11-20)27-25-22-13-12-21(37-24-7-5-6-17(2)33-24)14-19(22)15-30-28-26(25)29(35(27)3)32-16-31-28/h1,5-14,16H,15H2,2-3H3,(H,34,36)(H,30,31,32). The number of hydrogen-bond donors (Lipinski definition) is 2. The van der Waals surface area contributed by atoms with Gasteiger partial charge in [-0.15, -0.1) is 6.42 Å². The molecule has 0 aliphatic carbocycles. The van der Waals surface area contributed by atoms with Gasteiger partial charge in [0.1, 0.15) is 23.5 Å². The second kappa shape index (κ2) is 8.81. The first-order valence-electron chi connectivity index (χ1n) is 11.7. The first-order chi connectivity index (χ1) is 18.0. The fraction of sp³-hybridized carbons (Fsp3) is 0.103. The number of hydrogen-bond acceptors (Lipinski definition) is 6. The summed E-state index contributed by atoms with van der Waals surface area (Å²) in [6.45, 7) is 2.51. The second-order valence-electron chi connectivity index (χ2n) is 8.77. The van der Waals surface area contributed by atoms with Crippen LogP contribution in [0.1, 0.15) is 11.3 Å². The van der Waals surface area contributed by atoms with Crippen LogP contribution in [0.2, 0.25) is 0 Å². The number of amides is 1. The molecule has 0 saturated carbocycles. The molecule has 0 atom stereocenters. The van der Waals surface area contributed by atoms with E-state index in [0.29, 0.717) is 23.9 Å². The lowest BCUT2D eigenvalue weighted by Gasteiger charge is -2.14. The van der Waals surface area contributed by atoms with Crippen molar-refractivity contribution >= 4 is 28.4 Å². The Kier molecular flexibility index (Phi) is 5.31. The van der Waals surface area contributed by atoms with Gasteiger partial charge in [-0.1, -0.05) is 24.3 Å². The Morgan fingerprint density at radius 2 is 1.97 bits per heavy atom. The van der Waals surface area contributed by atoms with Crippen LogP contribution in [0.5, 0.6) is 11.6 Å². The summed E-state index contributed by atoms with van der Waals surface area (Å²) in [6.07, 6.45) is 6.76. The van der Waals surface area contributed by atoms with Crippen LogP contribution in [0.3, 0.4) is 0 Å². The van der Waals surface area contributed by atoms with Crippen LogP contribution in [0, 0.1) is 19.3 Å². The minimum Gasteiger partial charge on any atom is -0.439 e. The van der Waals surface area contributed by atoms with Crippen LogP contribution in [0.25, 0.3) is 33.4 Å². The summed E-state index contributed by atoms with van der Waals surface area (Å²) >= 11 is 0. The van der Waals surface area contributed by atoms with Crippen molar-refractivity contribution in [2.75, 3.05) is 10.6 Å². The number of carbonyl (C=O) groups is 1. The van der Waals surface area contributed by atoms with Crippen LogP contribution < -0.4 is 15.4 Å². The fourth-order valence-electron chi connectivity index (χ4n) is 4.76. The third-order valence-corrected chi connectivity index (χ3v) is 6.39. The summed E-state index contributed by atoms with van der Waals surface area (Å²) in [4.78, 5) is 25.2. The van der Waals surface area contributed by atoms with Crippen molar-refractivity contribution < 1.29 is 9.53 Å². The van der Waals surface area contributed by atoms with E-state index >= 15 is 0 Å². The van der Waals surface area contributed by atoms with E-state index in [4.69, 9.17) is 11.2 Å². The van der Waals surface area contributed by atoms with Gasteiger partial charge in [0.25, 0.3) is 5.91 Å². The molecule has 2 aromatic carbocycles. The lowest BCUT2D eigenvalue weighted by molar-refractivity contribution is -0.111. The molecule has 2 N–H and O–H groups in total. The van der Waals surface area contributed by atoms with Crippen molar-refractivity contribution in [2.24, 2.45) is 7.05 Å². The maximum atomic E-state index is 11.6. The zero-order chi connectivity index (χ0) is 25.5. The Morgan fingerprint density at radius 1 is 1.14 bits per heavy atom. The number of rotatable bonds is 4. The normalized spacial score (nSPS) is 11.7. The molecule has 4 heterocycles. The molecule has 8 nitrogen and oxygen atoms in total. The molecule has 0 radical (unpaired) electrons. The third-order valence-electron chi connectivity index (χ3n) is 6.39. The van der Waals surface area contributed by atoms with E-state index in [9.17, 15) is 4.79 Å². The number of fused-ring (bicyclic) bond motifs is 2. The second-order valence-corrected chi connectivity index (χ2v) is 8.77. The average Bonchev–Trinajstić information content (AvgIpc) is 3.10. The maximum Gasteiger partial charge on any atom is 0.300 e. The molecule has 3 aromatic heterocycles. The zero-order valence-corrected chi connectivity index (χ0v) is 20.2. The zero-order valence-electron chi connectivity index (χ0n) is 20.2. The molecule has 0 unspecified atom stereocenters. The smallest absolute Gasteiger partial charge is 0.300 e. The van der Waals surface area contributed by atoms with Gasteiger partial charge in [0, 0.05) is 36.6 Å². The van der Waals surface area contributed by atoms with E-state index in [-0.39, 0.29) is 0 Å². The van der Waals surface area contributed by atoms with Gasteiger partial charge in [-0.05, 0) is 59.9 Å². The van der Waals surface area contributed by atoms with Crippen molar-refractivity contribution in [3.8, 4) is 46.4 Å². The lowest BCUT2D eigenvalue weighted by Crippen LogP contribution is -2.07. The minimum atomic E-state index is -0.484. The van der Waals surface area contributed by atoms with Crippen molar-refractivity contribution in [3.05, 3.63) is 78.2 Å². The van der Waals surface area contributed by atoms with E-state index in [0.717, 1.165) is 50.5 Å². The highest BCUT2D eigenvalue weighted by molar-refractivity contribution is 6.09. The van der Waals surface area contributed by atoms with Gasteiger partial charge in [0.15, 0.2) is 0 Å². The molecule has 1 amide bonds. The largest absolute Gasteiger partial charge is 0.439 e. The highest BCUT2D eigenvalue weighted by Crippen LogP contribution is 2.46. The first-order valence-corrected chi connectivity index (χ1v) is 11.7. The van der Waals surface area contributed by atoms with Gasteiger partial charge < -0.3 is 19.9 Å². The molecule has 0 saturated heterocycles. The Hall–Kier alpha value is -5.16. The van der Waals surface area contributed by atoms with E-state index in [1.54, 1.807) is 6.33 Å². The number of aryl methyl sites for hydroxylation is 2. The Balaban J connectivity index is 1.48. The van der Waals surface area contributed by atoms with Gasteiger partial charge in [-0.2, -0.15) is 0 Å². The molecule has 180 valence electrons. The Morgan fingerprint density at radius 3 is 2.76 bits per heavy atom. The van der Waals surface area contributed by atoms with E-state index in [1.165, 1.54) is 0 Å². The van der Waals surface area contributed by atoms with Crippen LogP contribution in [0.4, 0.5) is 11.5 Å². The molecule has 0 bridgehead atoms. The number of carbonyl (C=O) groups excluding carboxylic acids is 1. The quantitative estimate of drug-likeness (QED) is 0.335. The number of terminal acetylenes is 1. The molecular weight excluding hydrogens is 464 g/mol. The number of ether oxygens (including phenoxy) is 1. The molecule has 37 heavy (non-hydrogen) atoms. The molecule has 6 rings (SSSR count). The Labute approximate surface area is 213 Å². The first kappa shape index (κ1) is 22.3. The van der Waals surface area contributed by atoms with Gasteiger partial charge in [-0.3, -0.25) is 4.79 Å². The summed E-state index contributed by atoms with van der Waals surface area (Å²) in [5, 5.41) is 7.11. The number of nitrogens with zero attached hydrogens (tertiary/aromatic N) is 4. The SMILES string of the molecule is C#CC(=O)Nc1ccc(-c2c3c4c(ncnc4n2C)NCc2cc(Oc4cccc(C)n4)ccc2-3)cc1. The van der Waals surface area contributed by atoms with Crippen LogP contribution in [-0.2, 0) is 18.4 Å². The van der Waals surface area contributed by atoms with E-state index < -0.39 is 5.91 Å². The van der Waals surface area contributed by atoms with Gasteiger partial charge in [0.05, 0.1) is 11.1 Å². The summed E-state index contributed by atoms with van der Waals surface area (Å²) in [5.41, 5.74) is 7.47. The van der Waals surface area contributed by atoms with Gasteiger partial charge >= 0.3 is 0 Å². The topological polar surface area (TPSA) is 94.0 Å². The van der Waals surface area contributed by atoms with Crippen LogP contribution >= 0.6 is 0 Å². The third kappa shape index (κ3) is 3.93. The average molecular weight is 487 g/mol. The van der Waals surface area contributed by atoms with Gasteiger partial charge in [0.2, 0.25) is 5.88 Å². The lowest BCUT2D eigenvalue weighted by atomic mass is 9.95. The number of aromatic nitrogens is 4. The van der Waals surface area contributed by atoms with Crippen molar-refractivity contribution in [1.29, 1.82) is 0 Å². The highest BCUT2D eigenvalue weighted by atomic mass is 16.5. The van der Waals surface area contributed by atoms with Crippen molar-refractivity contribution in [1.82, 2.24) is 19.5 Å². The van der Waals surface area contributed by atoms with E-state index in [1.807, 2.05) is 68.6 Å². The molecule has 0 fully saturated rings. The molecule has 8 heteroatoms. The number of nitrogens with one attached hydrogen (secondary N) is 2.